The summed E-state index contributed by atoms with van der Waals surface area (Å²) >= 11 is 0. The van der Waals surface area contributed by atoms with Crippen molar-refractivity contribution in [3.05, 3.63) is 72.5 Å². The van der Waals surface area contributed by atoms with E-state index in [0.29, 0.717) is 22.2 Å². The molecule has 1 saturated heterocycles. The number of amides is 13. The van der Waals surface area contributed by atoms with Crippen LogP contribution in [0.1, 0.15) is 83.7 Å². The molecule has 4 heterocycles. The number of imidazole rings is 2. The predicted octanol–water partition coefficient (Wildman–Crippen LogP) is -6.70. The predicted molar refractivity (Wildman–Crippen MR) is 363 cm³/mol. The van der Waals surface area contributed by atoms with Gasteiger partial charge in [-0.3, -0.25) is 72.1 Å². The Labute approximate surface area is 580 Å². The molecule has 1 aliphatic heterocycles. The number of aliphatic hydroxyl groups excluding tert-OH is 1. The number of guanidine groups is 1. The second kappa shape index (κ2) is 39.3. The van der Waals surface area contributed by atoms with Crippen molar-refractivity contribution >= 4 is 121 Å². The molecule has 40 heteroatoms. The van der Waals surface area contributed by atoms with Crippen molar-refractivity contribution in [2.24, 2.45) is 45.5 Å². The molecule has 0 saturated carbocycles. The number of H-pyrrole nitrogens is 3. The molecule has 38 nitrogen and oxygen atoms in total. The monoisotopic (exact) mass is 1440 g/mol. The lowest BCUT2D eigenvalue weighted by atomic mass is 9.98. The number of nitrogens with zero attached hydrogens (tertiary/aromatic N) is 3. The fourth-order valence-electron chi connectivity index (χ4n) is 10.0. The van der Waals surface area contributed by atoms with E-state index < -0.39 is 193 Å². The number of rotatable bonds is 21. The Bertz CT molecular complexity index is 3550. The number of carbonyl (C=O) groups excluding carboxylic acids is 13. The molecular weight excluding hydrogens is 1350 g/mol. The number of hydrogen-bond donors (Lipinski definition) is 21. The van der Waals surface area contributed by atoms with Crippen LogP contribution in [0, 0.1) is 11.8 Å². The zero-order valence-electron chi connectivity index (χ0n) is 55.4. The molecule has 1 aromatic carbocycles. The van der Waals surface area contributed by atoms with Crippen LogP contribution in [0.5, 0.6) is 0 Å². The first kappa shape index (κ1) is 80.3. The Balaban J connectivity index is 1.59. The summed E-state index contributed by atoms with van der Waals surface area (Å²) in [5.74, 6) is -17.3. The van der Waals surface area contributed by atoms with E-state index in [9.17, 15) is 77.3 Å². The maximum atomic E-state index is 14.7. The summed E-state index contributed by atoms with van der Waals surface area (Å²) in [4.78, 5) is 215. The number of para-hydroxylation sites is 1. The normalized spacial score (nSPS) is 23.6. The topological polar surface area (TPSA) is 627 Å². The number of carbonyl (C=O) groups is 14. The Kier molecular flexibility index (Phi) is 31.6. The van der Waals surface area contributed by atoms with E-state index in [-0.39, 0.29) is 61.8 Å². The van der Waals surface area contributed by atoms with Gasteiger partial charge in [0.15, 0.2) is 5.96 Å². The summed E-state index contributed by atoms with van der Waals surface area (Å²) in [5, 5.41) is 48.5. The molecule has 1 aliphatic rings. The van der Waals surface area contributed by atoms with E-state index in [0.717, 1.165) is 21.6 Å². The number of primary amides is 2. The van der Waals surface area contributed by atoms with Crippen molar-refractivity contribution < 1.29 is 77.3 Å². The van der Waals surface area contributed by atoms with Crippen molar-refractivity contribution in [2.45, 2.75) is 159 Å². The lowest BCUT2D eigenvalue weighted by Gasteiger charge is -2.29. The van der Waals surface area contributed by atoms with Crippen molar-refractivity contribution in [1.29, 1.82) is 0 Å². The van der Waals surface area contributed by atoms with Crippen molar-refractivity contribution in [2.75, 3.05) is 24.6 Å². The lowest BCUT2D eigenvalue weighted by molar-refractivity contribution is -0.141. The highest BCUT2D eigenvalue weighted by Crippen LogP contribution is 2.24. The number of carboxylic acids is 1. The van der Waals surface area contributed by atoms with Gasteiger partial charge in [0.2, 0.25) is 76.8 Å². The first-order valence-electron chi connectivity index (χ1n) is 31.6. The highest BCUT2D eigenvalue weighted by atomic mass is 33.1. The van der Waals surface area contributed by atoms with Gasteiger partial charge in [0.25, 0.3) is 0 Å². The van der Waals surface area contributed by atoms with Crippen molar-refractivity contribution in [1.82, 2.24) is 83.4 Å². The zero-order valence-corrected chi connectivity index (χ0v) is 57.1. The molecule has 0 unspecified atom stereocenters. The van der Waals surface area contributed by atoms with E-state index in [1.807, 2.05) is 0 Å². The molecule has 0 aliphatic carbocycles. The molecule has 13 amide bonds. The summed E-state index contributed by atoms with van der Waals surface area (Å²) in [7, 11) is 1.82. The quantitative estimate of drug-likeness (QED) is 0.0160. The number of aliphatic hydroxyl groups is 1. The number of aliphatic imine (C=N–C) groups is 1. The number of nitrogens with two attached hydrogens (primary N) is 5. The van der Waals surface area contributed by atoms with Crippen LogP contribution in [0.2, 0.25) is 0 Å². The highest BCUT2D eigenvalue weighted by molar-refractivity contribution is 8.76. The number of fused-ring (bicyclic) bond motifs is 1. The molecular formula is C60H88N22O16S2. The van der Waals surface area contributed by atoms with Gasteiger partial charge in [-0.05, 0) is 49.7 Å². The number of aromatic amines is 3. The van der Waals surface area contributed by atoms with Crippen LogP contribution in [0.25, 0.3) is 10.9 Å². The number of hydrogen-bond acceptors (Lipinski definition) is 21. The van der Waals surface area contributed by atoms with Gasteiger partial charge in [-0.15, -0.1) is 0 Å². The van der Waals surface area contributed by atoms with Crippen LogP contribution in [0.3, 0.4) is 0 Å². The Hall–Kier alpha value is -10.3. The number of carboxylic acid groups (broad SMARTS) is 1. The molecule has 26 N–H and O–H groups in total. The van der Waals surface area contributed by atoms with Gasteiger partial charge in [0.1, 0.15) is 60.4 Å². The fourth-order valence-corrected chi connectivity index (χ4v) is 12.3. The van der Waals surface area contributed by atoms with Gasteiger partial charge in [0, 0.05) is 84.6 Å². The minimum Gasteiger partial charge on any atom is -0.481 e. The van der Waals surface area contributed by atoms with E-state index >= 15 is 0 Å². The maximum Gasteiger partial charge on any atom is 0.305 e. The minimum absolute atomic E-state index is 0.0164. The van der Waals surface area contributed by atoms with E-state index in [2.05, 4.69) is 88.4 Å². The Morgan fingerprint density at radius 3 is 1.68 bits per heavy atom. The van der Waals surface area contributed by atoms with Crippen LogP contribution in [0.4, 0.5) is 0 Å². The summed E-state index contributed by atoms with van der Waals surface area (Å²) < 4.78 is 0. The lowest BCUT2D eigenvalue weighted by Crippen LogP contribution is -2.61. The second-order valence-electron chi connectivity index (χ2n) is 24.1. The SMILES string of the molecule is CC(C)[C@@H]1NC(=O)[C@H](C(C)C)NC(=O)[C@@H](N)CSSC[C@@H](C(=O)N[C@H](C(N)=O)[C@@H](C)O)NC(=O)[C@H](CCCN=C(N)N)NC(=O)[C@H](Cc2cnc[nH]2)NC(=O)[C@H](Cc2cnc[nH]2)NC(=O)CNC(=O)[C@H](Cc2c[nH]c3ccccc23)NC(=O)[C@H](CC(=O)O)NC(=O)[C@H](CCC(N)=O)NC1=O. The molecule has 3 aromatic heterocycles. The average Bonchev–Trinajstić information content (AvgIpc) is 1.65. The first-order chi connectivity index (χ1) is 47.3. The van der Waals surface area contributed by atoms with E-state index in [1.54, 1.807) is 38.1 Å². The Morgan fingerprint density at radius 1 is 0.610 bits per heavy atom. The number of aliphatic carboxylic acids is 1. The standard InChI is InChI=1S/C60H88N22O16S2/c1-27(2)46-58(97)75-37(12-13-43(62)84)53(92)78-41(18-45(86)87)56(95)76-38(15-30-19-69-35-10-7-6-9-33(30)35)51(90)70-22-44(85)73-39(16-31-20-66-25-71-31)54(93)77-40(17-32-21-67-26-72-32)55(94)74-36(11-8-14-68-60(64)65)52(91)79-42(57(96)82-48(29(5)83)49(63)88)24-100-99-23-34(61)50(89)80-47(28(3)4)59(98)81-46/h6-7,9-10,19-21,25-29,34,36-42,46-48,69,83H,8,11-18,22-24,61H2,1-5H3,(H2,62,84)(H2,63,88)(H,66,71)(H,67,72)(H,70,90)(H,73,85)(H,74,94)(H,75,97)(H,76,95)(H,77,93)(H,78,92)(H,79,91)(H,80,89)(H,81,98)(H,82,96)(H,86,87)(H4,64,65,68)/t29-,34+,36+,37+,38+,39+,40+,41+,42+,46+,47+,48+/m1/s1. The smallest absolute Gasteiger partial charge is 0.305 e. The molecule has 0 bridgehead atoms. The average molecular weight is 1440 g/mol. The van der Waals surface area contributed by atoms with Crippen LogP contribution in [-0.4, -0.2) is 221 Å². The van der Waals surface area contributed by atoms with Crippen LogP contribution in [0.15, 0.2) is 60.5 Å². The Morgan fingerprint density at radius 2 is 1.12 bits per heavy atom. The fraction of sp³-hybridized carbons (Fsp3) is 0.517. The summed E-state index contributed by atoms with van der Waals surface area (Å²) in [6, 6.07) is -10.8. The zero-order chi connectivity index (χ0) is 73.9. The van der Waals surface area contributed by atoms with Crippen LogP contribution >= 0.6 is 21.6 Å². The molecule has 4 aromatic rings. The second-order valence-corrected chi connectivity index (χ2v) is 26.7. The maximum absolute atomic E-state index is 14.7. The number of aromatic nitrogens is 5. The third kappa shape index (κ3) is 25.8. The number of nitrogens with one attached hydrogen (secondary N) is 14. The largest absolute Gasteiger partial charge is 0.481 e. The third-order valence-electron chi connectivity index (χ3n) is 15.4. The highest BCUT2D eigenvalue weighted by Gasteiger charge is 2.38. The molecule has 1 fully saturated rings. The van der Waals surface area contributed by atoms with Gasteiger partial charge in [-0.2, -0.15) is 0 Å². The minimum atomic E-state index is -2.01. The molecule has 546 valence electrons. The van der Waals surface area contributed by atoms with Gasteiger partial charge in [-0.25, -0.2) is 9.97 Å². The van der Waals surface area contributed by atoms with Gasteiger partial charge >= 0.3 is 5.97 Å². The van der Waals surface area contributed by atoms with E-state index in [1.165, 1.54) is 52.0 Å². The van der Waals surface area contributed by atoms with Gasteiger partial charge in [0.05, 0.1) is 37.8 Å². The van der Waals surface area contributed by atoms with Crippen molar-refractivity contribution in [3.63, 3.8) is 0 Å². The first-order valence-corrected chi connectivity index (χ1v) is 34.1. The summed E-state index contributed by atoms with van der Waals surface area (Å²) in [6.45, 7) is 6.42. The molecule has 0 radical (unpaired) electrons. The van der Waals surface area contributed by atoms with Crippen molar-refractivity contribution in [3.8, 4) is 0 Å². The van der Waals surface area contributed by atoms with E-state index in [4.69, 9.17) is 28.7 Å². The van der Waals surface area contributed by atoms with Gasteiger partial charge in [-0.1, -0.05) is 67.5 Å². The number of benzene rings is 1. The third-order valence-corrected chi connectivity index (χ3v) is 17.9. The molecule has 100 heavy (non-hydrogen) atoms. The molecule has 12 atom stereocenters. The molecule has 0 spiro atoms. The molecule has 5 rings (SSSR count). The summed E-state index contributed by atoms with van der Waals surface area (Å²) in [6.07, 6.45) is 1.90. The van der Waals surface area contributed by atoms with Crippen LogP contribution < -0.4 is 87.2 Å². The summed E-state index contributed by atoms with van der Waals surface area (Å²) in [5.41, 5.74) is 30.1. The van der Waals surface area contributed by atoms with Crippen LogP contribution in [-0.2, 0) is 86.4 Å². The van der Waals surface area contributed by atoms with Gasteiger partial charge < -0.3 is 112 Å².